The average Bonchev–Trinajstić information content (AvgIpc) is 3.25. The second-order valence-electron chi connectivity index (χ2n) is 11.7. The van der Waals surface area contributed by atoms with Gasteiger partial charge in [-0.05, 0) is 77.3 Å². The zero-order chi connectivity index (χ0) is 28.1. The third-order valence-corrected chi connectivity index (χ3v) is 10.1. The Hall–Kier alpha value is -2.84. The first kappa shape index (κ1) is 27.7. The summed E-state index contributed by atoms with van der Waals surface area (Å²) in [5.41, 5.74) is 4.59. The van der Waals surface area contributed by atoms with Gasteiger partial charge in [0, 0.05) is 22.8 Å². The Morgan fingerprint density at radius 3 is 2.18 bits per heavy atom. The minimum atomic E-state index is -4.21. The van der Waals surface area contributed by atoms with E-state index in [2.05, 4.69) is 25.8 Å². The lowest BCUT2D eigenvalue weighted by Crippen LogP contribution is -2.18. The SMILES string of the molecule is CC1CCc2c(sc3nc(-c4ccncc4)nc(OS(=O)(=O)c4c(C(C)C)cc(C(C)C)cc4C(C)C)c23)C1. The van der Waals surface area contributed by atoms with Crippen molar-refractivity contribution in [1.29, 1.82) is 0 Å². The van der Waals surface area contributed by atoms with Gasteiger partial charge in [0.15, 0.2) is 5.82 Å². The van der Waals surface area contributed by atoms with Crippen LogP contribution in [0, 0.1) is 5.92 Å². The van der Waals surface area contributed by atoms with Crippen LogP contribution < -0.4 is 4.18 Å². The molecule has 39 heavy (non-hydrogen) atoms. The molecule has 0 spiro atoms. The minimum absolute atomic E-state index is 0.00256. The van der Waals surface area contributed by atoms with Gasteiger partial charge in [-0.25, -0.2) is 4.98 Å². The van der Waals surface area contributed by atoms with Crippen LogP contribution in [0.15, 0.2) is 41.6 Å². The fourth-order valence-corrected chi connectivity index (χ4v) is 8.27. The maximum absolute atomic E-state index is 14.3. The molecule has 0 amide bonds. The van der Waals surface area contributed by atoms with Gasteiger partial charge in [-0.2, -0.15) is 13.4 Å². The number of thiophene rings is 1. The molecule has 1 unspecified atom stereocenters. The molecule has 206 valence electrons. The predicted octanol–water partition coefficient (Wildman–Crippen LogP) is 8.02. The standard InChI is InChI=1S/C31H37N3O3S2/c1-17(2)22-15-24(18(3)4)28(25(16-22)19(5)6)39(35,36)37-30-27-23-9-8-20(7)14-26(23)38-31(27)34-29(33-30)21-10-12-32-13-11-21/h10-13,15-20H,8-9,14H2,1-7H3. The van der Waals surface area contributed by atoms with Crippen LogP contribution in [0.25, 0.3) is 21.6 Å². The van der Waals surface area contributed by atoms with Crippen LogP contribution in [-0.4, -0.2) is 23.4 Å². The normalized spacial score (nSPS) is 15.9. The maximum atomic E-state index is 14.3. The lowest BCUT2D eigenvalue weighted by atomic mass is 9.89. The van der Waals surface area contributed by atoms with Crippen molar-refractivity contribution < 1.29 is 12.6 Å². The molecule has 8 heteroatoms. The van der Waals surface area contributed by atoms with Crippen LogP contribution >= 0.6 is 11.3 Å². The number of pyridine rings is 1. The third kappa shape index (κ3) is 5.33. The largest absolute Gasteiger partial charge is 0.357 e. The Bertz CT molecular complexity index is 1600. The van der Waals surface area contributed by atoms with Crippen LogP contribution in [0.1, 0.15) is 99.8 Å². The van der Waals surface area contributed by atoms with Crippen molar-refractivity contribution in [2.75, 3.05) is 0 Å². The number of hydrogen-bond acceptors (Lipinski definition) is 7. The fourth-order valence-electron chi connectivity index (χ4n) is 5.32. The van der Waals surface area contributed by atoms with Crippen LogP contribution in [-0.2, 0) is 23.0 Å². The summed E-state index contributed by atoms with van der Waals surface area (Å²) in [6.45, 7) is 14.6. The quantitative estimate of drug-likeness (QED) is 0.212. The number of aromatic nitrogens is 3. The topological polar surface area (TPSA) is 82.0 Å². The van der Waals surface area contributed by atoms with E-state index in [1.165, 1.54) is 4.88 Å². The highest BCUT2D eigenvalue weighted by Gasteiger charge is 2.32. The lowest BCUT2D eigenvalue weighted by Gasteiger charge is -2.22. The monoisotopic (exact) mass is 563 g/mol. The van der Waals surface area contributed by atoms with Crippen molar-refractivity contribution in [3.05, 3.63) is 63.8 Å². The molecule has 1 aliphatic rings. The van der Waals surface area contributed by atoms with E-state index in [-0.39, 0.29) is 28.5 Å². The van der Waals surface area contributed by atoms with E-state index in [1.54, 1.807) is 23.7 Å². The number of aryl methyl sites for hydroxylation is 1. The second-order valence-corrected chi connectivity index (χ2v) is 14.2. The molecule has 0 bridgehead atoms. The molecule has 0 aliphatic heterocycles. The van der Waals surface area contributed by atoms with E-state index in [0.717, 1.165) is 57.3 Å². The number of rotatable bonds is 7. The molecule has 6 nitrogen and oxygen atoms in total. The van der Waals surface area contributed by atoms with Crippen molar-refractivity contribution in [1.82, 2.24) is 15.0 Å². The van der Waals surface area contributed by atoms with Crippen LogP contribution in [0.2, 0.25) is 0 Å². The highest BCUT2D eigenvalue weighted by molar-refractivity contribution is 7.87. The maximum Gasteiger partial charge on any atom is 0.341 e. The molecule has 0 radical (unpaired) electrons. The number of benzene rings is 1. The van der Waals surface area contributed by atoms with Gasteiger partial charge in [-0.15, -0.1) is 11.3 Å². The van der Waals surface area contributed by atoms with E-state index in [1.807, 2.05) is 52.0 Å². The zero-order valence-corrected chi connectivity index (χ0v) is 25.4. The molecule has 5 rings (SSSR count). The zero-order valence-electron chi connectivity index (χ0n) is 23.8. The third-order valence-electron chi connectivity index (χ3n) is 7.58. The molecule has 0 N–H and O–H groups in total. The van der Waals surface area contributed by atoms with E-state index < -0.39 is 10.1 Å². The molecule has 3 aromatic heterocycles. The van der Waals surface area contributed by atoms with E-state index in [9.17, 15) is 8.42 Å². The van der Waals surface area contributed by atoms with Crippen molar-refractivity contribution in [2.45, 2.75) is 90.4 Å². The Balaban J connectivity index is 1.73. The van der Waals surface area contributed by atoms with Gasteiger partial charge in [0.25, 0.3) is 0 Å². The van der Waals surface area contributed by atoms with E-state index in [0.29, 0.717) is 11.7 Å². The lowest BCUT2D eigenvalue weighted by molar-refractivity contribution is 0.474. The first-order valence-electron chi connectivity index (χ1n) is 13.8. The van der Waals surface area contributed by atoms with Gasteiger partial charge < -0.3 is 4.18 Å². The minimum Gasteiger partial charge on any atom is -0.357 e. The summed E-state index contributed by atoms with van der Waals surface area (Å²) < 4.78 is 34.7. The summed E-state index contributed by atoms with van der Waals surface area (Å²) in [5.74, 6) is 1.42. The number of hydrogen-bond donors (Lipinski definition) is 0. The molecule has 1 aromatic carbocycles. The van der Waals surface area contributed by atoms with Gasteiger partial charge in [-0.3, -0.25) is 4.98 Å². The smallest absolute Gasteiger partial charge is 0.341 e. The van der Waals surface area contributed by atoms with Gasteiger partial charge in [0.1, 0.15) is 9.73 Å². The highest BCUT2D eigenvalue weighted by Crippen LogP contribution is 2.43. The first-order chi connectivity index (χ1) is 18.5. The summed E-state index contributed by atoms with van der Waals surface area (Å²) in [6.07, 6.45) is 6.23. The molecular weight excluding hydrogens is 526 g/mol. The molecule has 3 heterocycles. The van der Waals surface area contributed by atoms with Gasteiger partial charge >= 0.3 is 10.1 Å². The molecule has 0 fully saturated rings. The summed E-state index contributed by atoms with van der Waals surface area (Å²) in [5, 5.41) is 0.735. The van der Waals surface area contributed by atoms with E-state index >= 15 is 0 Å². The Morgan fingerprint density at radius 2 is 1.59 bits per heavy atom. The Morgan fingerprint density at radius 1 is 0.949 bits per heavy atom. The van der Waals surface area contributed by atoms with E-state index in [4.69, 9.17) is 14.2 Å². The molecule has 4 aromatic rings. The predicted molar refractivity (Wildman–Crippen MR) is 158 cm³/mol. The summed E-state index contributed by atoms with van der Waals surface area (Å²) in [4.78, 5) is 16.0. The molecule has 1 atom stereocenters. The van der Waals surface area contributed by atoms with Crippen molar-refractivity contribution in [2.24, 2.45) is 5.92 Å². The van der Waals surface area contributed by atoms with Crippen molar-refractivity contribution >= 4 is 31.7 Å². The number of fused-ring (bicyclic) bond motifs is 3. The highest BCUT2D eigenvalue weighted by atomic mass is 32.2. The molecular formula is C31H37N3O3S2. The summed E-state index contributed by atoms with van der Waals surface area (Å²) in [6, 6.07) is 7.72. The van der Waals surface area contributed by atoms with Crippen molar-refractivity contribution in [3.63, 3.8) is 0 Å². The second kappa shape index (κ2) is 10.6. The summed E-state index contributed by atoms with van der Waals surface area (Å²) in [7, 11) is -4.21. The Labute approximate surface area is 236 Å². The van der Waals surface area contributed by atoms with Gasteiger partial charge in [-0.1, -0.05) is 60.6 Å². The Kier molecular flexibility index (Phi) is 7.55. The van der Waals surface area contributed by atoms with Gasteiger partial charge in [0.2, 0.25) is 5.88 Å². The number of nitrogens with zero attached hydrogens (tertiary/aromatic N) is 3. The molecule has 1 aliphatic carbocycles. The summed E-state index contributed by atoms with van der Waals surface area (Å²) >= 11 is 1.63. The average molecular weight is 564 g/mol. The molecule has 0 saturated heterocycles. The van der Waals surface area contributed by atoms with Crippen LogP contribution in [0.5, 0.6) is 5.88 Å². The van der Waals surface area contributed by atoms with Crippen LogP contribution in [0.3, 0.4) is 0 Å². The first-order valence-corrected chi connectivity index (χ1v) is 16.0. The molecule has 0 saturated carbocycles. The van der Waals surface area contributed by atoms with Crippen LogP contribution in [0.4, 0.5) is 0 Å². The van der Waals surface area contributed by atoms with Gasteiger partial charge in [0.05, 0.1) is 5.39 Å². The van der Waals surface area contributed by atoms with Crippen molar-refractivity contribution in [3.8, 4) is 17.3 Å². The fraction of sp³-hybridized carbons (Fsp3) is 0.452.